The minimum absolute atomic E-state index is 0. The fourth-order valence-corrected chi connectivity index (χ4v) is 0.0373. The van der Waals surface area contributed by atoms with Crippen molar-refractivity contribution in [3.8, 4) is 0 Å². The van der Waals surface area contributed by atoms with Gasteiger partial charge in [0.15, 0.2) is 0 Å². The van der Waals surface area contributed by atoms with Crippen LogP contribution in [0.15, 0.2) is 0 Å². The second kappa shape index (κ2) is 1.50. The van der Waals surface area contributed by atoms with Crippen LogP contribution in [0.4, 0.5) is 0 Å². The van der Waals surface area contributed by atoms with Crippen LogP contribution < -0.4 is 0 Å². The summed E-state index contributed by atoms with van der Waals surface area (Å²) in [5.74, 6) is 0. The zero-order valence-electron chi connectivity index (χ0n) is 2.21. The zero-order valence-corrected chi connectivity index (χ0v) is 2.21. The molecular weight excluding hydrogens is 82.9 g/mol. The molecule has 2 N–H and O–H groups in total. The quantitative estimate of drug-likeness (QED) is 0.153. The van der Waals surface area contributed by atoms with Gasteiger partial charge in [-0.2, -0.15) is 0 Å². The summed E-state index contributed by atoms with van der Waals surface area (Å²) in [6.45, 7) is 0. The van der Waals surface area contributed by atoms with E-state index in [-0.39, 0.29) is 18.9 Å². The van der Waals surface area contributed by atoms with Crippen molar-refractivity contribution in [1.82, 2.24) is 0 Å². The molecule has 0 atom stereocenters. The van der Waals surface area contributed by atoms with Crippen LogP contribution in [-0.2, 0) is 9.78 Å². The molecule has 0 saturated carbocycles. The Morgan fingerprint density at radius 2 is 1.33 bits per heavy atom. The van der Waals surface area contributed by atoms with Crippen LogP contribution in [0.1, 0.15) is 0 Å². The van der Waals surface area contributed by atoms with Gasteiger partial charge in [-0.25, -0.2) is 0 Å². The van der Waals surface area contributed by atoms with Crippen LogP contribution in [0, 0.1) is 0 Å². The van der Waals surface area contributed by atoms with E-state index in [9.17, 15) is 0 Å². The van der Waals surface area contributed by atoms with Gasteiger partial charge in [-0.3, -0.25) is 0 Å². The third-order valence-corrected chi connectivity index (χ3v) is 0.232. The first-order valence-corrected chi connectivity index (χ1v) is 1.02. The summed E-state index contributed by atoms with van der Waals surface area (Å²) in [5.41, 5.74) is 0. The monoisotopic (exact) mass is 86.0 g/mol. The third-order valence-electron chi connectivity index (χ3n) is 0.232. The van der Waals surface area contributed by atoms with Crippen molar-refractivity contribution in [2.24, 2.45) is 0 Å². The normalized spacial score (nSPS) is 25.0. The first-order chi connectivity index (χ1) is 2.21. The second-order valence-corrected chi connectivity index (χ2v) is 0.715. The van der Waals surface area contributed by atoms with Gasteiger partial charge in [0.25, 0.3) is 0 Å². The van der Waals surface area contributed by atoms with Gasteiger partial charge in [-0.1, -0.05) is 0 Å². The van der Waals surface area contributed by atoms with Gasteiger partial charge in [0, 0.05) is 0 Å². The molecule has 0 spiro atoms. The molecule has 0 aromatic rings. The van der Waals surface area contributed by atoms with E-state index < -0.39 is 6.16 Å². The fraction of sp³-hybridized carbons (Fsp3) is 1.00. The van der Waals surface area contributed by atoms with Gasteiger partial charge in [0.2, 0.25) is 0 Å². The molecule has 5 heteroatoms. The molecule has 0 aromatic carbocycles. The number of hydrogen-bond donors (Lipinski definition) is 2. The van der Waals surface area contributed by atoms with Crippen LogP contribution in [0.25, 0.3) is 0 Å². The average Bonchev–Trinajstić information content (AvgIpc) is 1.76. The van der Waals surface area contributed by atoms with Crippen LogP contribution in [0.3, 0.4) is 0 Å². The number of aliphatic hydroxyl groups is 2. The van der Waals surface area contributed by atoms with E-state index in [0.717, 1.165) is 0 Å². The van der Waals surface area contributed by atoms with Crippen LogP contribution >= 0.6 is 0 Å². The van der Waals surface area contributed by atoms with Gasteiger partial charge in [0.05, 0.1) is 0 Å². The van der Waals surface area contributed by atoms with Gasteiger partial charge < -0.3 is 10.2 Å². The Morgan fingerprint density at radius 3 is 1.33 bits per heavy atom. The molecule has 1 heterocycles. The molecule has 0 aliphatic carbocycles. The van der Waals surface area contributed by atoms with Gasteiger partial charge in [-0.15, -0.1) is 9.78 Å². The molecule has 1 aliphatic rings. The third kappa shape index (κ3) is 1.77. The van der Waals surface area contributed by atoms with Crippen molar-refractivity contribution in [3.63, 3.8) is 0 Å². The maximum absolute atomic E-state index is 7.74. The summed E-state index contributed by atoms with van der Waals surface area (Å²) in [4.78, 5) is 7.01. The van der Waals surface area contributed by atoms with Crippen molar-refractivity contribution < 1.29 is 20.0 Å². The Kier molecular flexibility index (Phi) is 1.61. The Morgan fingerprint density at radius 1 is 1.17 bits per heavy atom. The van der Waals surface area contributed by atoms with E-state index >= 15 is 0 Å². The van der Waals surface area contributed by atoms with Gasteiger partial charge in [0.1, 0.15) is 0 Å². The molecule has 1 saturated heterocycles. The summed E-state index contributed by atoms with van der Waals surface area (Å²) >= 11 is 0. The predicted molar refractivity (Wildman–Crippen MR) is 16.5 cm³/mol. The van der Waals surface area contributed by atoms with Crippen molar-refractivity contribution in [3.05, 3.63) is 0 Å². The average molecular weight is 86.0 g/mol. The standard InChI is InChI=1S/CH2O4.Li.H/c2-1(3)4-5-1;;/h2-3H;;. The van der Waals surface area contributed by atoms with E-state index in [0.29, 0.717) is 0 Å². The van der Waals surface area contributed by atoms with Gasteiger partial charge in [-0.05, 0) is 0 Å². The topological polar surface area (TPSA) is 65.5 Å². The molecule has 32 valence electrons. The van der Waals surface area contributed by atoms with E-state index in [2.05, 4.69) is 9.78 Å². The fourth-order valence-electron chi connectivity index (χ4n) is 0.0373. The molecule has 1 fully saturated rings. The Bertz CT molecular complexity index is 45.5. The van der Waals surface area contributed by atoms with Crippen LogP contribution in [0.2, 0.25) is 0 Å². The summed E-state index contributed by atoms with van der Waals surface area (Å²) in [5, 5.41) is 15.5. The molecule has 0 bridgehead atoms. The maximum atomic E-state index is 7.74. The van der Waals surface area contributed by atoms with Crippen molar-refractivity contribution in [2.75, 3.05) is 0 Å². The molecule has 6 heavy (non-hydrogen) atoms. The molecule has 0 aromatic heterocycles. The molecule has 0 radical (unpaired) electrons. The zero-order chi connectivity index (χ0) is 3.91. The van der Waals surface area contributed by atoms with Crippen molar-refractivity contribution in [2.45, 2.75) is 6.16 Å². The van der Waals surface area contributed by atoms with E-state index in [1.807, 2.05) is 0 Å². The van der Waals surface area contributed by atoms with E-state index in [4.69, 9.17) is 10.2 Å². The Hall–Kier alpha value is 0.437. The first-order valence-electron chi connectivity index (χ1n) is 1.02. The van der Waals surface area contributed by atoms with Crippen LogP contribution in [0.5, 0.6) is 0 Å². The first kappa shape index (κ1) is 6.44. The molecule has 1 rings (SSSR count). The molecule has 0 unspecified atom stereocenters. The van der Waals surface area contributed by atoms with E-state index in [1.165, 1.54) is 0 Å². The molecular formula is CH3LiO4. The van der Waals surface area contributed by atoms with Crippen molar-refractivity contribution in [1.29, 1.82) is 0 Å². The summed E-state index contributed by atoms with van der Waals surface area (Å²) < 4.78 is 0. The van der Waals surface area contributed by atoms with Crippen LogP contribution in [-0.4, -0.2) is 35.2 Å². The molecule has 0 amide bonds. The van der Waals surface area contributed by atoms with E-state index in [1.54, 1.807) is 0 Å². The number of rotatable bonds is 0. The summed E-state index contributed by atoms with van der Waals surface area (Å²) in [6, 6.07) is 0. The number of hydrogen-bond acceptors (Lipinski definition) is 4. The van der Waals surface area contributed by atoms with Crippen molar-refractivity contribution >= 4 is 18.9 Å². The Balaban J connectivity index is 0.000000250. The SMILES string of the molecule is OC1(O)OO1.[LiH]. The predicted octanol–water partition coefficient (Wildman–Crippen LogP) is -2.10. The minimum atomic E-state index is -2.25. The second-order valence-electron chi connectivity index (χ2n) is 0.715. The molecule has 1 aliphatic heterocycles. The Labute approximate surface area is 45.8 Å². The summed E-state index contributed by atoms with van der Waals surface area (Å²) in [7, 11) is 0. The van der Waals surface area contributed by atoms with Gasteiger partial charge >= 0.3 is 25.0 Å². The molecule has 4 nitrogen and oxygen atoms in total. The summed E-state index contributed by atoms with van der Waals surface area (Å²) in [6.07, 6.45) is -2.25.